The average molecular weight is 358 g/mol. The third-order valence-electron chi connectivity index (χ3n) is 3.62. The first kappa shape index (κ1) is 19.1. The van der Waals surface area contributed by atoms with Crippen molar-refractivity contribution in [2.75, 3.05) is 25.6 Å². The standard InChI is InChI=1S/C19H22N2O5/c1-3-26-16-9-4-13(12-17(16)25-2)10-11-20-19(24)21-15-7-5-14(6-8-15)18(22)23/h4-9,12H,3,10-11H2,1-2H3,(H,22,23)(H2,20,21,24). The predicted octanol–water partition coefficient (Wildman–Crippen LogP) is 3.16. The number of rotatable bonds is 8. The minimum absolute atomic E-state index is 0.167. The van der Waals surface area contributed by atoms with Crippen LogP contribution in [0.25, 0.3) is 0 Å². The summed E-state index contributed by atoms with van der Waals surface area (Å²) in [6.07, 6.45) is 0.633. The van der Waals surface area contributed by atoms with Crippen LogP contribution < -0.4 is 20.1 Å². The van der Waals surface area contributed by atoms with Gasteiger partial charge in [-0.1, -0.05) is 6.07 Å². The lowest BCUT2D eigenvalue weighted by Crippen LogP contribution is -2.30. The van der Waals surface area contributed by atoms with Gasteiger partial charge < -0.3 is 25.2 Å². The van der Waals surface area contributed by atoms with E-state index in [1.165, 1.54) is 12.1 Å². The average Bonchev–Trinajstić information content (AvgIpc) is 2.63. The number of hydrogen-bond donors (Lipinski definition) is 3. The molecule has 26 heavy (non-hydrogen) atoms. The molecule has 0 radical (unpaired) electrons. The van der Waals surface area contributed by atoms with Crippen molar-refractivity contribution in [2.45, 2.75) is 13.3 Å². The molecule has 0 aromatic heterocycles. The molecule has 2 rings (SSSR count). The van der Waals surface area contributed by atoms with Gasteiger partial charge in [-0.2, -0.15) is 0 Å². The SMILES string of the molecule is CCOc1ccc(CCNC(=O)Nc2ccc(C(=O)O)cc2)cc1OC. The van der Waals surface area contributed by atoms with Crippen molar-refractivity contribution in [1.82, 2.24) is 5.32 Å². The van der Waals surface area contributed by atoms with Crippen molar-refractivity contribution in [2.24, 2.45) is 0 Å². The highest BCUT2D eigenvalue weighted by Gasteiger charge is 2.07. The third kappa shape index (κ3) is 5.41. The van der Waals surface area contributed by atoms with Gasteiger partial charge in [0.2, 0.25) is 0 Å². The number of aromatic carboxylic acids is 1. The Morgan fingerprint density at radius 3 is 2.42 bits per heavy atom. The largest absolute Gasteiger partial charge is 0.493 e. The van der Waals surface area contributed by atoms with Crippen molar-refractivity contribution < 1.29 is 24.2 Å². The number of carbonyl (C=O) groups is 2. The van der Waals surface area contributed by atoms with Gasteiger partial charge in [0.15, 0.2) is 11.5 Å². The maximum atomic E-state index is 11.9. The number of carbonyl (C=O) groups excluding carboxylic acids is 1. The monoisotopic (exact) mass is 358 g/mol. The molecule has 0 aliphatic carbocycles. The Labute approximate surface area is 151 Å². The molecule has 138 valence electrons. The van der Waals surface area contributed by atoms with Crippen LogP contribution in [0.4, 0.5) is 10.5 Å². The Balaban J connectivity index is 1.83. The second-order valence-corrected chi connectivity index (χ2v) is 5.43. The zero-order valence-electron chi connectivity index (χ0n) is 14.7. The van der Waals surface area contributed by atoms with Gasteiger partial charge in [-0.15, -0.1) is 0 Å². The summed E-state index contributed by atoms with van der Waals surface area (Å²) in [5.74, 6) is 0.341. The van der Waals surface area contributed by atoms with Crippen LogP contribution in [0.2, 0.25) is 0 Å². The topological polar surface area (TPSA) is 96.9 Å². The predicted molar refractivity (Wildman–Crippen MR) is 98.3 cm³/mol. The first-order valence-electron chi connectivity index (χ1n) is 8.21. The molecule has 2 amide bonds. The van der Waals surface area contributed by atoms with E-state index >= 15 is 0 Å². The van der Waals surface area contributed by atoms with E-state index < -0.39 is 5.97 Å². The number of amides is 2. The molecular formula is C19H22N2O5. The Morgan fingerprint density at radius 2 is 1.81 bits per heavy atom. The molecule has 0 spiro atoms. The number of carboxylic acid groups (broad SMARTS) is 1. The molecule has 2 aromatic carbocycles. The van der Waals surface area contributed by atoms with Crippen LogP contribution in [0.3, 0.4) is 0 Å². The number of nitrogens with one attached hydrogen (secondary N) is 2. The molecule has 7 nitrogen and oxygen atoms in total. The zero-order chi connectivity index (χ0) is 18.9. The molecular weight excluding hydrogens is 336 g/mol. The lowest BCUT2D eigenvalue weighted by atomic mass is 10.1. The fourth-order valence-electron chi connectivity index (χ4n) is 2.33. The summed E-state index contributed by atoms with van der Waals surface area (Å²) in [6, 6.07) is 11.3. The van der Waals surface area contributed by atoms with Gasteiger partial charge in [0.05, 0.1) is 19.3 Å². The third-order valence-corrected chi connectivity index (χ3v) is 3.62. The Kier molecular flexibility index (Phi) is 6.84. The summed E-state index contributed by atoms with van der Waals surface area (Å²) in [4.78, 5) is 22.7. The number of carboxylic acids is 1. The van der Waals surface area contributed by atoms with Crippen LogP contribution in [0.15, 0.2) is 42.5 Å². The zero-order valence-corrected chi connectivity index (χ0v) is 14.7. The maximum absolute atomic E-state index is 11.9. The molecule has 0 heterocycles. The molecule has 0 saturated heterocycles. The second-order valence-electron chi connectivity index (χ2n) is 5.43. The Hall–Kier alpha value is -3.22. The lowest BCUT2D eigenvalue weighted by molar-refractivity contribution is 0.0697. The molecule has 2 aromatic rings. The van der Waals surface area contributed by atoms with E-state index in [9.17, 15) is 9.59 Å². The van der Waals surface area contributed by atoms with Crippen molar-refractivity contribution >= 4 is 17.7 Å². The van der Waals surface area contributed by atoms with Crippen molar-refractivity contribution in [3.8, 4) is 11.5 Å². The van der Waals surface area contributed by atoms with Crippen LogP contribution >= 0.6 is 0 Å². The molecule has 3 N–H and O–H groups in total. The van der Waals surface area contributed by atoms with Gasteiger partial charge in [0, 0.05) is 12.2 Å². The number of methoxy groups -OCH3 is 1. The Morgan fingerprint density at radius 1 is 1.08 bits per heavy atom. The van der Waals surface area contributed by atoms with Crippen molar-refractivity contribution in [1.29, 1.82) is 0 Å². The van der Waals surface area contributed by atoms with Crippen LogP contribution in [0.5, 0.6) is 11.5 Å². The summed E-state index contributed by atoms with van der Waals surface area (Å²) in [6.45, 7) is 2.91. The molecule has 0 aliphatic rings. The molecule has 7 heteroatoms. The fourth-order valence-corrected chi connectivity index (χ4v) is 2.33. The van der Waals surface area contributed by atoms with E-state index in [2.05, 4.69) is 10.6 Å². The van der Waals surface area contributed by atoms with Crippen LogP contribution in [0.1, 0.15) is 22.8 Å². The molecule has 0 fully saturated rings. The van der Waals surface area contributed by atoms with E-state index in [0.29, 0.717) is 36.8 Å². The van der Waals surface area contributed by atoms with Gasteiger partial charge in [-0.05, 0) is 55.3 Å². The minimum Gasteiger partial charge on any atom is -0.493 e. The highest BCUT2D eigenvalue weighted by Crippen LogP contribution is 2.28. The van der Waals surface area contributed by atoms with E-state index in [4.69, 9.17) is 14.6 Å². The quantitative estimate of drug-likeness (QED) is 0.673. The molecule has 0 atom stereocenters. The maximum Gasteiger partial charge on any atom is 0.335 e. The number of urea groups is 1. The smallest absolute Gasteiger partial charge is 0.335 e. The number of hydrogen-bond acceptors (Lipinski definition) is 4. The van der Waals surface area contributed by atoms with Crippen LogP contribution in [-0.4, -0.2) is 37.4 Å². The highest BCUT2D eigenvalue weighted by atomic mass is 16.5. The Bertz CT molecular complexity index is 759. The van der Waals surface area contributed by atoms with E-state index in [1.54, 1.807) is 19.2 Å². The van der Waals surface area contributed by atoms with E-state index in [1.807, 2.05) is 25.1 Å². The van der Waals surface area contributed by atoms with Crippen molar-refractivity contribution in [3.63, 3.8) is 0 Å². The molecule has 0 saturated carbocycles. The number of ether oxygens (including phenoxy) is 2. The minimum atomic E-state index is -1.01. The van der Waals surface area contributed by atoms with Gasteiger partial charge >= 0.3 is 12.0 Å². The van der Waals surface area contributed by atoms with E-state index in [-0.39, 0.29) is 11.6 Å². The normalized spacial score (nSPS) is 10.1. The number of benzene rings is 2. The van der Waals surface area contributed by atoms with Crippen LogP contribution in [0, 0.1) is 0 Å². The van der Waals surface area contributed by atoms with Gasteiger partial charge in [0.25, 0.3) is 0 Å². The first-order chi connectivity index (χ1) is 12.5. The lowest BCUT2D eigenvalue weighted by Gasteiger charge is -2.11. The van der Waals surface area contributed by atoms with Gasteiger partial charge in [-0.3, -0.25) is 0 Å². The highest BCUT2D eigenvalue weighted by molar-refractivity contribution is 5.91. The molecule has 0 aliphatic heterocycles. The summed E-state index contributed by atoms with van der Waals surface area (Å²) < 4.78 is 10.8. The first-order valence-corrected chi connectivity index (χ1v) is 8.21. The summed E-state index contributed by atoms with van der Waals surface area (Å²) in [5, 5.41) is 14.3. The number of anilines is 1. The molecule has 0 unspecified atom stereocenters. The summed E-state index contributed by atoms with van der Waals surface area (Å²) in [5.41, 5.74) is 1.70. The van der Waals surface area contributed by atoms with E-state index in [0.717, 1.165) is 5.56 Å². The summed E-state index contributed by atoms with van der Waals surface area (Å²) >= 11 is 0. The van der Waals surface area contributed by atoms with Crippen LogP contribution in [-0.2, 0) is 6.42 Å². The second kappa shape index (κ2) is 9.31. The van der Waals surface area contributed by atoms with Gasteiger partial charge in [-0.25, -0.2) is 9.59 Å². The summed E-state index contributed by atoms with van der Waals surface area (Å²) in [7, 11) is 1.59. The van der Waals surface area contributed by atoms with Gasteiger partial charge in [0.1, 0.15) is 0 Å². The van der Waals surface area contributed by atoms with Crippen molar-refractivity contribution in [3.05, 3.63) is 53.6 Å². The fraction of sp³-hybridized carbons (Fsp3) is 0.263. The molecule has 0 bridgehead atoms.